The molecule has 0 aliphatic carbocycles. The predicted octanol–water partition coefficient (Wildman–Crippen LogP) is 3.00. The molecule has 0 fully saturated rings. The van der Waals surface area contributed by atoms with Crippen LogP contribution in [0.1, 0.15) is 31.9 Å². The lowest BCUT2D eigenvalue weighted by Gasteiger charge is -2.17. The van der Waals surface area contributed by atoms with E-state index in [9.17, 15) is 0 Å². The summed E-state index contributed by atoms with van der Waals surface area (Å²) < 4.78 is 0. The lowest BCUT2D eigenvalue weighted by molar-refractivity contribution is -0.191. The van der Waals surface area contributed by atoms with Crippen molar-refractivity contribution in [1.82, 2.24) is 0 Å². The summed E-state index contributed by atoms with van der Waals surface area (Å²) in [5, 5.41) is 0. The van der Waals surface area contributed by atoms with E-state index in [1.54, 1.807) is 0 Å². The maximum atomic E-state index is 8.12. The monoisotopic (exact) mass is 206 g/mol. The van der Waals surface area contributed by atoms with E-state index in [2.05, 4.69) is 52.0 Å². The summed E-state index contributed by atoms with van der Waals surface area (Å²) >= 11 is 0. The first-order valence-electron chi connectivity index (χ1n) is 4.94. The van der Waals surface area contributed by atoms with E-state index < -0.39 is 0 Å². The Balaban J connectivity index is 0.000000583. The van der Waals surface area contributed by atoms with Gasteiger partial charge >= 0.3 is 6.15 Å². The standard InChI is InChI=1S/C12H18.CO2/c1-10-5-7-11(8-6-10)9-12(2,3)4;2-1-3/h5-8H,9H2,1-4H3;. The fraction of sp³-hybridized carbons (Fsp3) is 0.462. The van der Waals surface area contributed by atoms with Crippen molar-refractivity contribution in [2.45, 2.75) is 34.1 Å². The largest absolute Gasteiger partial charge is 0.373 e. The molecular formula is C13H18O2. The molecule has 0 amide bonds. The van der Waals surface area contributed by atoms with Gasteiger partial charge in [-0.05, 0) is 24.3 Å². The molecule has 0 saturated heterocycles. The molecule has 0 heterocycles. The maximum Gasteiger partial charge on any atom is 0.373 e. The van der Waals surface area contributed by atoms with E-state index in [-0.39, 0.29) is 6.15 Å². The predicted molar refractivity (Wildman–Crippen MR) is 59.3 cm³/mol. The van der Waals surface area contributed by atoms with Crippen LogP contribution in [0.5, 0.6) is 0 Å². The number of rotatable bonds is 1. The fourth-order valence-electron chi connectivity index (χ4n) is 1.32. The Morgan fingerprint density at radius 1 is 1.07 bits per heavy atom. The van der Waals surface area contributed by atoms with Gasteiger partial charge in [-0.25, -0.2) is 0 Å². The first kappa shape index (κ1) is 13.6. The summed E-state index contributed by atoms with van der Waals surface area (Å²) in [6.45, 7) is 8.94. The Labute approximate surface area is 91.3 Å². The van der Waals surface area contributed by atoms with Crippen LogP contribution in [-0.4, -0.2) is 6.15 Å². The third-order valence-corrected chi connectivity index (χ3v) is 1.86. The zero-order chi connectivity index (χ0) is 11.9. The Kier molecular flexibility index (Phi) is 5.58. The molecule has 0 unspecified atom stereocenters. The van der Waals surface area contributed by atoms with Crippen molar-refractivity contribution in [3.05, 3.63) is 35.4 Å². The highest BCUT2D eigenvalue weighted by atomic mass is 16.2. The van der Waals surface area contributed by atoms with Gasteiger partial charge in [0.2, 0.25) is 0 Å². The molecule has 0 aliphatic heterocycles. The Bertz CT molecular complexity index is 311. The van der Waals surface area contributed by atoms with E-state index in [4.69, 9.17) is 9.59 Å². The highest BCUT2D eigenvalue weighted by molar-refractivity contribution is 5.22. The van der Waals surface area contributed by atoms with E-state index in [0.29, 0.717) is 5.41 Å². The first-order chi connectivity index (χ1) is 6.89. The number of hydrogen-bond acceptors (Lipinski definition) is 2. The zero-order valence-electron chi connectivity index (χ0n) is 9.83. The molecule has 0 spiro atoms. The van der Waals surface area contributed by atoms with Crippen molar-refractivity contribution >= 4 is 6.15 Å². The molecule has 82 valence electrons. The second-order valence-electron chi connectivity index (χ2n) is 4.81. The van der Waals surface area contributed by atoms with Crippen molar-refractivity contribution in [2.24, 2.45) is 5.41 Å². The second-order valence-corrected chi connectivity index (χ2v) is 4.81. The molecule has 0 bridgehead atoms. The van der Waals surface area contributed by atoms with Crippen molar-refractivity contribution in [2.75, 3.05) is 0 Å². The molecule has 0 radical (unpaired) electrons. The van der Waals surface area contributed by atoms with Gasteiger partial charge in [0.05, 0.1) is 0 Å². The van der Waals surface area contributed by atoms with E-state index in [1.165, 1.54) is 11.1 Å². The van der Waals surface area contributed by atoms with Crippen LogP contribution in [0.15, 0.2) is 24.3 Å². The van der Waals surface area contributed by atoms with Crippen LogP contribution in [0.4, 0.5) is 0 Å². The minimum Gasteiger partial charge on any atom is -0.186 e. The Morgan fingerprint density at radius 3 is 1.80 bits per heavy atom. The second kappa shape index (κ2) is 6.15. The zero-order valence-corrected chi connectivity index (χ0v) is 9.83. The van der Waals surface area contributed by atoms with Crippen molar-refractivity contribution in [3.63, 3.8) is 0 Å². The summed E-state index contributed by atoms with van der Waals surface area (Å²) in [6.07, 6.45) is 1.41. The van der Waals surface area contributed by atoms with Gasteiger partial charge in [-0.3, -0.25) is 0 Å². The summed E-state index contributed by atoms with van der Waals surface area (Å²) in [5.74, 6) is 0. The summed E-state index contributed by atoms with van der Waals surface area (Å²) in [6, 6.07) is 8.81. The van der Waals surface area contributed by atoms with E-state index in [0.717, 1.165) is 6.42 Å². The minimum atomic E-state index is 0.250. The molecule has 0 aromatic heterocycles. The van der Waals surface area contributed by atoms with Gasteiger partial charge in [-0.15, -0.1) is 0 Å². The summed E-state index contributed by atoms with van der Waals surface area (Å²) in [5.41, 5.74) is 3.18. The third-order valence-electron chi connectivity index (χ3n) is 1.86. The average Bonchev–Trinajstić information content (AvgIpc) is 2.08. The Hall–Kier alpha value is -1.40. The van der Waals surface area contributed by atoms with Crippen molar-refractivity contribution in [1.29, 1.82) is 0 Å². The number of aryl methyl sites for hydroxylation is 1. The van der Waals surface area contributed by atoms with Crippen LogP contribution in [-0.2, 0) is 16.0 Å². The van der Waals surface area contributed by atoms with Gasteiger partial charge < -0.3 is 0 Å². The third kappa shape index (κ3) is 7.65. The highest BCUT2D eigenvalue weighted by Gasteiger charge is 2.10. The van der Waals surface area contributed by atoms with Crippen LogP contribution < -0.4 is 0 Å². The van der Waals surface area contributed by atoms with E-state index in [1.807, 2.05) is 0 Å². The number of hydrogen-bond donors (Lipinski definition) is 0. The Morgan fingerprint density at radius 2 is 1.47 bits per heavy atom. The van der Waals surface area contributed by atoms with Gasteiger partial charge in [0.1, 0.15) is 0 Å². The van der Waals surface area contributed by atoms with Gasteiger partial charge in [-0.1, -0.05) is 50.6 Å². The molecule has 0 N–H and O–H groups in total. The number of benzene rings is 1. The van der Waals surface area contributed by atoms with Crippen LogP contribution in [0.25, 0.3) is 0 Å². The summed E-state index contributed by atoms with van der Waals surface area (Å²) in [4.78, 5) is 16.2. The molecular weight excluding hydrogens is 188 g/mol. The number of carbonyl (C=O) groups excluding carboxylic acids is 2. The van der Waals surface area contributed by atoms with Crippen LogP contribution in [0, 0.1) is 12.3 Å². The fourth-order valence-corrected chi connectivity index (χ4v) is 1.32. The lowest BCUT2D eigenvalue weighted by Crippen LogP contribution is -2.08. The molecule has 15 heavy (non-hydrogen) atoms. The maximum absolute atomic E-state index is 8.12. The topological polar surface area (TPSA) is 34.1 Å². The van der Waals surface area contributed by atoms with Crippen molar-refractivity contribution in [3.8, 4) is 0 Å². The molecule has 1 aromatic rings. The average molecular weight is 206 g/mol. The van der Waals surface area contributed by atoms with Gasteiger partial charge in [-0.2, -0.15) is 9.59 Å². The van der Waals surface area contributed by atoms with Gasteiger partial charge in [0.25, 0.3) is 0 Å². The van der Waals surface area contributed by atoms with E-state index >= 15 is 0 Å². The molecule has 0 atom stereocenters. The van der Waals surface area contributed by atoms with Crippen LogP contribution in [0.2, 0.25) is 0 Å². The quantitative estimate of drug-likeness (QED) is 0.707. The molecule has 1 rings (SSSR count). The molecule has 0 saturated carbocycles. The van der Waals surface area contributed by atoms with Crippen LogP contribution in [0.3, 0.4) is 0 Å². The van der Waals surface area contributed by atoms with Crippen LogP contribution >= 0.6 is 0 Å². The molecule has 0 aliphatic rings. The minimum absolute atomic E-state index is 0.250. The molecule has 2 heteroatoms. The van der Waals surface area contributed by atoms with Crippen molar-refractivity contribution < 1.29 is 9.59 Å². The first-order valence-corrected chi connectivity index (χ1v) is 4.94. The highest BCUT2D eigenvalue weighted by Crippen LogP contribution is 2.20. The van der Waals surface area contributed by atoms with Gasteiger partial charge in [0, 0.05) is 0 Å². The smallest absolute Gasteiger partial charge is 0.186 e. The lowest BCUT2D eigenvalue weighted by atomic mass is 9.88. The SMILES string of the molecule is Cc1ccc(CC(C)(C)C)cc1.O=C=O. The molecule has 2 nitrogen and oxygen atoms in total. The molecule has 1 aromatic carbocycles. The normalized spacial score (nSPS) is 9.87. The summed E-state index contributed by atoms with van der Waals surface area (Å²) in [7, 11) is 0. The van der Waals surface area contributed by atoms with Gasteiger partial charge in [0.15, 0.2) is 0 Å².